The van der Waals surface area contributed by atoms with Gasteiger partial charge in [-0.1, -0.05) is 30.3 Å². The molecule has 142 valence electrons. The molecular formula is C19H17N5O4. The molecule has 2 N–H and O–H groups in total. The molecule has 1 aromatic heterocycles. The van der Waals surface area contributed by atoms with Crippen molar-refractivity contribution in [1.82, 2.24) is 9.97 Å². The number of carbonyl (C=O) groups is 1. The van der Waals surface area contributed by atoms with Gasteiger partial charge in [-0.2, -0.15) is 0 Å². The molecule has 28 heavy (non-hydrogen) atoms. The summed E-state index contributed by atoms with van der Waals surface area (Å²) < 4.78 is 4.75. The molecule has 0 radical (unpaired) electrons. The van der Waals surface area contributed by atoms with Crippen molar-refractivity contribution in [2.75, 3.05) is 17.7 Å². The lowest BCUT2D eigenvalue weighted by atomic mass is 10.1. The lowest BCUT2D eigenvalue weighted by molar-refractivity contribution is -0.383. The predicted octanol–water partition coefficient (Wildman–Crippen LogP) is 3.97. The Morgan fingerprint density at radius 2 is 1.57 bits per heavy atom. The van der Waals surface area contributed by atoms with Crippen molar-refractivity contribution in [2.45, 2.75) is 6.92 Å². The topological polar surface area (TPSA) is 119 Å². The second-order valence-electron chi connectivity index (χ2n) is 5.78. The minimum absolute atomic E-state index is 0.0346. The Morgan fingerprint density at radius 3 is 2.18 bits per heavy atom. The third-order valence-corrected chi connectivity index (χ3v) is 3.99. The van der Waals surface area contributed by atoms with Crippen molar-refractivity contribution in [3.63, 3.8) is 0 Å². The number of hydrogen-bond donors (Lipinski definition) is 2. The first-order valence-corrected chi connectivity index (χ1v) is 8.27. The Bertz CT molecular complexity index is 1040. The fourth-order valence-corrected chi connectivity index (χ4v) is 2.58. The lowest BCUT2D eigenvalue weighted by Gasteiger charge is -2.13. The Hall–Kier alpha value is -4.01. The minimum Gasteiger partial charge on any atom is -0.465 e. The summed E-state index contributed by atoms with van der Waals surface area (Å²) in [6.07, 6.45) is 1.21. The normalized spacial score (nSPS) is 10.2. The van der Waals surface area contributed by atoms with Crippen molar-refractivity contribution in [1.29, 1.82) is 0 Å². The molecule has 0 saturated carbocycles. The van der Waals surface area contributed by atoms with Gasteiger partial charge in [0.2, 0.25) is 11.6 Å². The molecule has 0 amide bonds. The van der Waals surface area contributed by atoms with Crippen LogP contribution in [0.15, 0.2) is 54.9 Å². The van der Waals surface area contributed by atoms with E-state index in [1.807, 2.05) is 25.1 Å². The highest BCUT2D eigenvalue weighted by Gasteiger charge is 2.25. The van der Waals surface area contributed by atoms with E-state index in [1.54, 1.807) is 30.3 Å². The number of nitrogens with one attached hydrogen (secondary N) is 2. The number of aryl methyl sites for hydroxylation is 1. The van der Waals surface area contributed by atoms with Gasteiger partial charge >= 0.3 is 11.7 Å². The summed E-state index contributed by atoms with van der Waals surface area (Å²) >= 11 is 0. The molecule has 2 aromatic carbocycles. The number of methoxy groups -OCH3 is 1. The number of para-hydroxylation sites is 2. The molecular weight excluding hydrogens is 362 g/mol. The first kappa shape index (κ1) is 18.8. The summed E-state index contributed by atoms with van der Waals surface area (Å²) in [7, 11) is 1.26. The number of anilines is 4. The van der Waals surface area contributed by atoms with E-state index in [1.165, 1.54) is 13.4 Å². The van der Waals surface area contributed by atoms with E-state index in [0.29, 0.717) is 11.4 Å². The average molecular weight is 379 g/mol. The molecule has 9 heteroatoms. The van der Waals surface area contributed by atoms with Crippen LogP contribution in [0, 0.1) is 17.0 Å². The SMILES string of the molecule is COC(=O)c1ccccc1Nc1ncnc(Nc2ccccc2C)c1[N+](=O)[O-]. The van der Waals surface area contributed by atoms with E-state index in [0.717, 1.165) is 5.56 Å². The number of nitrogens with zero attached hydrogens (tertiary/aromatic N) is 3. The summed E-state index contributed by atoms with van der Waals surface area (Å²) in [6.45, 7) is 1.88. The number of hydrogen-bond acceptors (Lipinski definition) is 8. The first-order valence-electron chi connectivity index (χ1n) is 8.27. The van der Waals surface area contributed by atoms with E-state index in [-0.39, 0.29) is 22.9 Å². The van der Waals surface area contributed by atoms with Gasteiger partial charge in [-0.3, -0.25) is 10.1 Å². The van der Waals surface area contributed by atoms with Crippen LogP contribution < -0.4 is 10.6 Å². The molecule has 0 aliphatic heterocycles. The number of carbonyl (C=O) groups excluding carboxylic acids is 1. The molecule has 3 aromatic rings. The van der Waals surface area contributed by atoms with Gasteiger partial charge in [0, 0.05) is 5.69 Å². The number of ether oxygens (including phenoxy) is 1. The summed E-state index contributed by atoms with van der Waals surface area (Å²) in [5, 5.41) is 17.6. The van der Waals surface area contributed by atoms with Crippen LogP contribution in [0.25, 0.3) is 0 Å². The molecule has 0 atom stereocenters. The van der Waals surface area contributed by atoms with Gasteiger partial charge in [0.1, 0.15) is 6.33 Å². The maximum Gasteiger partial charge on any atom is 0.353 e. The molecule has 0 unspecified atom stereocenters. The van der Waals surface area contributed by atoms with Gasteiger partial charge in [0.15, 0.2) is 0 Å². The van der Waals surface area contributed by atoms with Crippen molar-refractivity contribution in [2.24, 2.45) is 0 Å². The van der Waals surface area contributed by atoms with Crippen LogP contribution in [-0.4, -0.2) is 28.0 Å². The maximum absolute atomic E-state index is 11.9. The third kappa shape index (κ3) is 3.88. The molecule has 0 aliphatic rings. The molecule has 0 saturated heterocycles. The van der Waals surface area contributed by atoms with Crippen molar-refractivity contribution in [3.05, 3.63) is 76.1 Å². The molecule has 0 aliphatic carbocycles. The van der Waals surface area contributed by atoms with Crippen LogP contribution in [0.2, 0.25) is 0 Å². The average Bonchev–Trinajstić information content (AvgIpc) is 2.69. The second kappa shape index (κ2) is 8.12. The van der Waals surface area contributed by atoms with E-state index < -0.39 is 10.9 Å². The number of benzene rings is 2. The zero-order valence-electron chi connectivity index (χ0n) is 15.2. The molecule has 3 rings (SSSR count). The van der Waals surface area contributed by atoms with Gasteiger partial charge in [0.05, 0.1) is 23.3 Å². The smallest absolute Gasteiger partial charge is 0.353 e. The minimum atomic E-state index is -0.580. The van der Waals surface area contributed by atoms with Gasteiger partial charge in [-0.25, -0.2) is 14.8 Å². The summed E-state index contributed by atoms with van der Waals surface area (Å²) in [5.74, 6) is -0.585. The number of aromatic nitrogens is 2. The molecule has 0 bridgehead atoms. The Labute approximate surface area is 160 Å². The van der Waals surface area contributed by atoms with Crippen LogP contribution in [0.5, 0.6) is 0 Å². The highest BCUT2D eigenvalue weighted by Crippen LogP contribution is 2.34. The highest BCUT2D eigenvalue weighted by atomic mass is 16.6. The van der Waals surface area contributed by atoms with Gasteiger partial charge < -0.3 is 15.4 Å². The molecule has 0 spiro atoms. The Balaban J connectivity index is 2.03. The zero-order chi connectivity index (χ0) is 20.1. The third-order valence-electron chi connectivity index (χ3n) is 3.99. The van der Waals surface area contributed by atoms with E-state index in [9.17, 15) is 14.9 Å². The van der Waals surface area contributed by atoms with Crippen LogP contribution in [0.3, 0.4) is 0 Å². The fraction of sp³-hybridized carbons (Fsp3) is 0.105. The Morgan fingerprint density at radius 1 is 1.00 bits per heavy atom. The number of nitro groups is 1. The molecule has 1 heterocycles. The largest absolute Gasteiger partial charge is 0.465 e. The molecule has 9 nitrogen and oxygen atoms in total. The predicted molar refractivity (Wildman–Crippen MR) is 104 cm³/mol. The maximum atomic E-state index is 11.9. The van der Waals surface area contributed by atoms with Crippen LogP contribution in [-0.2, 0) is 4.74 Å². The van der Waals surface area contributed by atoms with Gasteiger partial charge in [-0.15, -0.1) is 0 Å². The van der Waals surface area contributed by atoms with Crippen molar-refractivity contribution < 1.29 is 14.5 Å². The van der Waals surface area contributed by atoms with Crippen LogP contribution >= 0.6 is 0 Å². The standard InChI is InChI=1S/C19H17N5O4/c1-12-7-3-5-9-14(12)22-17-16(24(26)27)18(21-11-20-17)23-15-10-6-4-8-13(15)19(25)28-2/h3-11H,1-2H3,(H2,20,21,22,23). The van der Waals surface area contributed by atoms with Gasteiger partial charge in [-0.05, 0) is 30.7 Å². The van der Waals surface area contributed by atoms with Crippen LogP contribution in [0.1, 0.15) is 15.9 Å². The fourth-order valence-electron chi connectivity index (χ4n) is 2.58. The highest BCUT2D eigenvalue weighted by molar-refractivity contribution is 5.96. The second-order valence-corrected chi connectivity index (χ2v) is 5.78. The monoisotopic (exact) mass is 379 g/mol. The van der Waals surface area contributed by atoms with Crippen molar-refractivity contribution in [3.8, 4) is 0 Å². The summed E-state index contributed by atoms with van der Waals surface area (Å²) in [4.78, 5) is 31.1. The van der Waals surface area contributed by atoms with Crippen LogP contribution in [0.4, 0.5) is 28.7 Å². The van der Waals surface area contributed by atoms with E-state index >= 15 is 0 Å². The first-order chi connectivity index (χ1) is 13.5. The zero-order valence-corrected chi connectivity index (χ0v) is 15.2. The quantitative estimate of drug-likeness (QED) is 0.375. The van der Waals surface area contributed by atoms with Crippen molar-refractivity contribution >= 4 is 34.7 Å². The van der Waals surface area contributed by atoms with Gasteiger partial charge in [0.25, 0.3) is 0 Å². The van der Waals surface area contributed by atoms with E-state index in [2.05, 4.69) is 20.6 Å². The summed E-state index contributed by atoms with van der Waals surface area (Å²) in [5.41, 5.74) is 1.81. The Kier molecular flexibility index (Phi) is 5.45. The number of rotatable bonds is 6. The summed E-state index contributed by atoms with van der Waals surface area (Å²) in [6, 6.07) is 13.9. The van der Waals surface area contributed by atoms with E-state index in [4.69, 9.17) is 4.74 Å². The number of esters is 1. The molecule has 0 fully saturated rings. The lowest BCUT2D eigenvalue weighted by Crippen LogP contribution is -2.09.